The third-order valence-corrected chi connectivity index (χ3v) is 7.35. The third kappa shape index (κ3) is 2.84. The lowest BCUT2D eigenvalue weighted by Gasteiger charge is -2.37. The first-order valence-corrected chi connectivity index (χ1v) is 11.0. The summed E-state index contributed by atoms with van der Waals surface area (Å²) in [4.78, 5) is 0. The molecule has 30 heavy (non-hydrogen) atoms. The molecule has 2 heterocycles. The topological polar surface area (TPSA) is 50.7 Å². The highest BCUT2D eigenvalue weighted by Crippen LogP contribution is 2.56. The van der Waals surface area contributed by atoms with Crippen molar-refractivity contribution in [3.63, 3.8) is 0 Å². The molecule has 4 nitrogen and oxygen atoms in total. The van der Waals surface area contributed by atoms with E-state index in [-0.39, 0.29) is 24.2 Å². The minimum Gasteiger partial charge on any atom is -0.496 e. The summed E-state index contributed by atoms with van der Waals surface area (Å²) in [5, 5.41) is 13.5. The Morgan fingerprint density at radius 3 is 2.80 bits per heavy atom. The molecule has 2 N–H and O–H groups in total. The van der Waals surface area contributed by atoms with Crippen LogP contribution < -0.4 is 14.8 Å². The van der Waals surface area contributed by atoms with Crippen LogP contribution in [-0.2, 0) is 0 Å². The molecule has 0 fully saturated rings. The Hall–Kier alpha value is -2.46. The minimum absolute atomic E-state index is 0.0122. The van der Waals surface area contributed by atoms with Gasteiger partial charge < -0.3 is 19.9 Å². The van der Waals surface area contributed by atoms with Gasteiger partial charge in [0.1, 0.15) is 17.6 Å². The Kier molecular flexibility index (Phi) is 4.59. The molecule has 0 saturated carbocycles. The first-order chi connectivity index (χ1) is 14.4. The van der Waals surface area contributed by atoms with E-state index in [1.54, 1.807) is 7.11 Å². The van der Waals surface area contributed by atoms with Gasteiger partial charge in [-0.25, -0.2) is 0 Å². The van der Waals surface area contributed by atoms with Crippen LogP contribution in [0.3, 0.4) is 0 Å². The van der Waals surface area contributed by atoms with Gasteiger partial charge in [-0.3, -0.25) is 0 Å². The summed E-state index contributed by atoms with van der Waals surface area (Å²) in [5.74, 6) is 2.34. The molecule has 4 heteroatoms. The van der Waals surface area contributed by atoms with Gasteiger partial charge in [0, 0.05) is 28.6 Å². The summed E-state index contributed by atoms with van der Waals surface area (Å²) in [6.07, 6.45) is 5.35. The zero-order valence-corrected chi connectivity index (χ0v) is 18.3. The lowest BCUT2D eigenvalue weighted by atomic mass is 9.75. The number of hydrogen-bond donors (Lipinski definition) is 2. The van der Waals surface area contributed by atoms with Crippen molar-refractivity contribution in [2.45, 2.75) is 57.6 Å². The van der Waals surface area contributed by atoms with E-state index in [0.717, 1.165) is 41.9 Å². The van der Waals surface area contributed by atoms with Crippen molar-refractivity contribution < 1.29 is 14.6 Å². The maximum Gasteiger partial charge on any atom is 0.131 e. The summed E-state index contributed by atoms with van der Waals surface area (Å²) in [6, 6.07) is 10.5. The average Bonchev–Trinajstić information content (AvgIpc) is 3.00. The molecule has 2 aliphatic heterocycles. The fourth-order valence-electron chi connectivity index (χ4n) is 5.50. The number of anilines is 1. The highest BCUT2D eigenvalue weighted by atomic mass is 16.5. The SMILES string of the molecule is COc1cccc2c1-c1ccc3c(c1[C@@H](C1C=C(CO)CCC1)O2)C(C)C(C)(C)N3. The van der Waals surface area contributed by atoms with Crippen LogP contribution in [0.2, 0.25) is 0 Å². The van der Waals surface area contributed by atoms with Gasteiger partial charge in [-0.05, 0) is 68.0 Å². The molecule has 0 saturated heterocycles. The lowest BCUT2D eigenvalue weighted by Crippen LogP contribution is -2.31. The quantitative estimate of drug-likeness (QED) is 0.632. The fourth-order valence-corrected chi connectivity index (χ4v) is 5.50. The zero-order valence-electron chi connectivity index (χ0n) is 18.3. The summed E-state index contributed by atoms with van der Waals surface area (Å²) >= 11 is 0. The highest BCUT2D eigenvalue weighted by molar-refractivity contribution is 5.85. The van der Waals surface area contributed by atoms with Gasteiger partial charge in [-0.2, -0.15) is 0 Å². The van der Waals surface area contributed by atoms with E-state index in [9.17, 15) is 5.11 Å². The van der Waals surface area contributed by atoms with Crippen molar-refractivity contribution >= 4 is 5.69 Å². The Bertz CT molecular complexity index is 1020. The Morgan fingerprint density at radius 2 is 2.03 bits per heavy atom. The maximum atomic E-state index is 9.76. The number of aliphatic hydroxyl groups excluding tert-OH is 1. The van der Waals surface area contributed by atoms with Gasteiger partial charge in [0.15, 0.2) is 0 Å². The van der Waals surface area contributed by atoms with E-state index >= 15 is 0 Å². The Balaban J connectivity index is 1.75. The third-order valence-electron chi connectivity index (χ3n) is 7.35. The summed E-state index contributed by atoms with van der Waals surface area (Å²) in [5.41, 5.74) is 7.25. The number of ether oxygens (including phenoxy) is 2. The van der Waals surface area contributed by atoms with E-state index in [0.29, 0.717) is 5.92 Å². The van der Waals surface area contributed by atoms with Crippen molar-refractivity contribution in [2.75, 3.05) is 19.0 Å². The number of rotatable bonds is 3. The number of hydrogen-bond acceptors (Lipinski definition) is 4. The summed E-state index contributed by atoms with van der Waals surface area (Å²) in [6.45, 7) is 6.98. The fraction of sp³-hybridized carbons (Fsp3) is 0.462. The lowest BCUT2D eigenvalue weighted by molar-refractivity contribution is 0.142. The Morgan fingerprint density at radius 1 is 1.20 bits per heavy atom. The van der Waals surface area contributed by atoms with Gasteiger partial charge in [0.2, 0.25) is 0 Å². The van der Waals surface area contributed by atoms with Crippen LogP contribution in [0.15, 0.2) is 42.0 Å². The molecular weight excluding hydrogens is 374 g/mol. The second-order valence-electron chi connectivity index (χ2n) is 9.47. The maximum absolute atomic E-state index is 9.76. The van der Waals surface area contributed by atoms with E-state index in [4.69, 9.17) is 9.47 Å². The summed E-state index contributed by atoms with van der Waals surface area (Å²) in [7, 11) is 1.72. The molecule has 0 aromatic heterocycles. The first kappa shape index (κ1) is 19.5. The van der Waals surface area contributed by atoms with Crippen LogP contribution in [0.4, 0.5) is 5.69 Å². The van der Waals surface area contributed by atoms with Crippen molar-refractivity contribution in [3.8, 4) is 22.6 Å². The number of benzene rings is 2. The Labute approximate surface area is 178 Å². The monoisotopic (exact) mass is 405 g/mol. The van der Waals surface area contributed by atoms with Crippen molar-refractivity contribution in [3.05, 3.63) is 53.1 Å². The van der Waals surface area contributed by atoms with E-state index in [1.807, 2.05) is 18.2 Å². The number of methoxy groups -OCH3 is 1. The van der Waals surface area contributed by atoms with Crippen LogP contribution in [0.5, 0.6) is 11.5 Å². The van der Waals surface area contributed by atoms with Gasteiger partial charge >= 0.3 is 0 Å². The number of nitrogens with one attached hydrogen (secondary N) is 1. The minimum atomic E-state index is -0.0606. The molecule has 1 aliphatic carbocycles. The molecule has 0 radical (unpaired) electrons. The molecule has 0 bridgehead atoms. The molecule has 2 aromatic carbocycles. The van der Waals surface area contributed by atoms with Crippen LogP contribution in [0.25, 0.3) is 11.1 Å². The molecule has 5 rings (SSSR count). The smallest absolute Gasteiger partial charge is 0.131 e. The van der Waals surface area contributed by atoms with Gasteiger partial charge in [-0.15, -0.1) is 0 Å². The van der Waals surface area contributed by atoms with Crippen molar-refractivity contribution in [2.24, 2.45) is 5.92 Å². The van der Waals surface area contributed by atoms with Gasteiger partial charge in [0.25, 0.3) is 0 Å². The van der Waals surface area contributed by atoms with Crippen molar-refractivity contribution in [1.82, 2.24) is 0 Å². The number of fused-ring (bicyclic) bond motifs is 5. The standard InChI is InChI=1S/C26H31NO3/c1-15-22-19(27-26(15,2)3)12-11-18-23-20(29-4)9-6-10-21(23)30-25(24(18)22)17-8-5-7-16(13-17)14-28/h6,9-13,15,17,25,27-28H,5,7-8,14H2,1-4H3/t15?,17?,25-/m1/s1. The second kappa shape index (κ2) is 7.05. The second-order valence-corrected chi connectivity index (χ2v) is 9.47. The van der Waals surface area contributed by atoms with Crippen LogP contribution in [-0.4, -0.2) is 24.4 Å². The van der Waals surface area contributed by atoms with E-state index < -0.39 is 0 Å². The normalized spacial score (nSPS) is 25.9. The van der Waals surface area contributed by atoms with Gasteiger partial charge in [-0.1, -0.05) is 25.1 Å². The zero-order chi connectivity index (χ0) is 21.0. The van der Waals surface area contributed by atoms with Crippen molar-refractivity contribution in [1.29, 1.82) is 0 Å². The molecule has 2 aromatic rings. The van der Waals surface area contributed by atoms with Crippen LogP contribution in [0, 0.1) is 5.92 Å². The largest absolute Gasteiger partial charge is 0.496 e. The van der Waals surface area contributed by atoms with E-state index in [1.165, 1.54) is 22.4 Å². The highest BCUT2D eigenvalue weighted by Gasteiger charge is 2.43. The van der Waals surface area contributed by atoms with Crippen LogP contribution in [0.1, 0.15) is 63.2 Å². The molecule has 2 unspecified atom stereocenters. The predicted octanol–water partition coefficient (Wildman–Crippen LogP) is 5.82. The average molecular weight is 406 g/mol. The summed E-state index contributed by atoms with van der Waals surface area (Å²) < 4.78 is 12.5. The van der Waals surface area contributed by atoms with Crippen LogP contribution >= 0.6 is 0 Å². The van der Waals surface area contributed by atoms with E-state index in [2.05, 4.69) is 44.3 Å². The predicted molar refractivity (Wildman–Crippen MR) is 120 cm³/mol. The first-order valence-electron chi connectivity index (χ1n) is 11.0. The molecule has 0 spiro atoms. The number of aliphatic hydroxyl groups is 1. The molecule has 3 aliphatic rings. The molecular formula is C26H31NO3. The molecule has 3 atom stereocenters. The van der Waals surface area contributed by atoms with Gasteiger partial charge in [0.05, 0.1) is 19.3 Å². The molecule has 0 amide bonds. The molecule has 158 valence electrons.